The molecule has 0 bridgehead atoms. The number of nitrogens with zero attached hydrogens (tertiary/aromatic N) is 3. The average molecular weight is 416 g/mol. The summed E-state index contributed by atoms with van der Waals surface area (Å²) >= 11 is 0. The van der Waals surface area contributed by atoms with E-state index in [9.17, 15) is 13.2 Å². The van der Waals surface area contributed by atoms with E-state index in [2.05, 4.69) is 25.3 Å². The number of aromatic amines is 1. The van der Waals surface area contributed by atoms with Gasteiger partial charge in [-0.2, -0.15) is 5.21 Å². The predicted molar refractivity (Wildman–Crippen MR) is 110 cm³/mol. The highest BCUT2D eigenvalue weighted by Crippen LogP contribution is 2.13. The van der Waals surface area contributed by atoms with Gasteiger partial charge in [-0.3, -0.25) is 9.52 Å². The van der Waals surface area contributed by atoms with Gasteiger partial charge in [0.1, 0.15) is 0 Å². The van der Waals surface area contributed by atoms with Gasteiger partial charge < -0.3 is 0 Å². The molecule has 1 amide bonds. The predicted octanol–water partition coefficient (Wildman–Crippen LogP) is 3.67. The molecule has 28 heavy (non-hydrogen) atoms. The van der Waals surface area contributed by atoms with E-state index in [1.807, 2.05) is 0 Å². The molecule has 0 radical (unpaired) electrons. The lowest BCUT2D eigenvalue weighted by Crippen LogP contribution is -2.31. The Hall–Kier alpha value is -1.51. The molecule has 1 rings (SSSR count). The quantitative estimate of drug-likeness (QED) is 0.353. The van der Waals surface area contributed by atoms with Crippen LogP contribution in [0.1, 0.15) is 103 Å². The van der Waals surface area contributed by atoms with Crippen LogP contribution in [0.2, 0.25) is 0 Å². The van der Waals surface area contributed by atoms with E-state index in [1.54, 1.807) is 0 Å². The second-order valence-electron chi connectivity index (χ2n) is 7.35. The third kappa shape index (κ3) is 13.6. The number of H-pyrrole nitrogens is 1. The van der Waals surface area contributed by atoms with Crippen molar-refractivity contribution in [3.8, 4) is 0 Å². The normalized spacial score (nSPS) is 11.6. The molecule has 1 heterocycles. The molecule has 2 N–H and O–H groups in total. The minimum atomic E-state index is -3.41. The maximum Gasteiger partial charge on any atom is 0.234 e. The first-order valence-corrected chi connectivity index (χ1v) is 12.4. The average Bonchev–Trinajstić information content (AvgIpc) is 3.18. The van der Waals surface area contributed by atoms with Crippen LogP contribution in [0.3, 0.4) is 0 Å². The molecule has 0 spiro atoms. The topological polar surface area (TPSA) is 118 Å². The molecular formula is C19H37N5O3S. The van der Waals surface area contributed by atoms with Gasteiger partial charge in [-0.25, -0.2) is 8.42 Å². The van der Waals surface area contributed by atoms with E-state index in [1.165, 1.54) is 64.7 Å². The van der Waals surface area contributed by atoms with Crippen LogP contribution in [0.15, 0.2) is 0 Å². The fraction of sp³-hybridized carbons (Fsp3) is 0.895. The number of tetrazole rings is 1. The zero-order chi connectivity index (χ0) is 20.5. The van der Waals surface area contributed by atoms with E-state index < -0.39 is 10.0 Å². The van der Waals surface area contributed by atoms with E-state index in [0.29, 0.717) is 6.42 Å². The molecule has 0 aliphatic carbocycles. The van der Waals surface area contributed by atoms with Gasteiger partial charge in [-0.1, -0.05) is 75.8 Å². The van der Waals surface area contributed by atoms with Crippen LogP contribution in [-0.4, -0.2) is 40.7 Å². The van der Waals surface area contributed by atoms with Crippen molar-refractivity contribution in [1.82, 2.24) is 25.3 Å². The second-order valence-corrected chi connectivity index (χ2v) is 9.36. The first-order chi connectivity index (χ1) is 13.5. The van der Waals surface area contributed by atoms with Crippen LogP contribution in [0.25, 0.3) is 0 Å². The number of hydrogen-bond donors (Lipinski definition) is 2. The van der Waals surface area contributed by atoms with E-state index in [-0.39, 0.29) is 11.7 Å². The van der Waals surface area contributed by atoms with E-state index >= 15 is 0 Å². The summed E-state index contributed by atoms with van der Waals surface area (Å²) in [5, 5.41) is 13.9. The van der Waals surface area contributed by atoms with Crippen LogP contribution in [0.5, 0.6) is 0 Å². The van der Waals surface area contributed by atoms with Crippen molar-refractivity contribution >= 4 is 15.9 Å². The monoisotopic (exact) mass is 415 g/mol. The number of aryl methyl sites for hydroxylation is 1. The van der Waals surface area contributed by atoms with Gasteiger partial charge >= 0.3 is 0 Å². The molecule has 0 saturated heterocycles. The highest BCUT2D eigenvalue weighted by atomic mass is 32.2. The van der Waals surface area contributed by atoms with Crippen LogP contribution in [0, 0.1) is 0 Å². The summed E-state index contributed by atoms with van der Waals surface area (Å²) < 4.78 is 24.6. The lowest BCUT2D eigenvalue weighted by Gasteiger charge is -2.05. The molecule has 1 aromatic rings. The van der Waals surface area contributed by atoms with Crippen molar-refractivity contribution in [2.75, 3.05) is 5.75 Å². The van der Waals surface area contributed by atoms with Crippen LogP contribution >= 0.6 is 0 Å². The van der Waals surface area contributed by atoms with Gasteiger partial charge in [0.2, 0.25) is 15.9 Å². The Labute approximate surface area is 169 Å². The highest BCUT2D eigenvalue weighted by Gasteiger charge is 2.10. The molecule has 0 fully saturated rings. The molecule has 0 aliphatic heterocycles. The number of amides is 1. The number of nitrogens with one attached hydrogen (secondary N) is 2. The summed E-state index contributed by atoms with van der Waals surface area (Å²) in [5.74, 6) is 0.379. The zero-order valence-corrected chi connectivity index (χ0v) is 18.1. The van der Waals surface area contributed by atoms with Crippen molar-refractivity contribution in [2.45, 2.75) is 103 Å². The smallest absolute Gasteiger partial charge is 0.234 e. The SMILES string of the molecule is CCS(=O)(=O)NC(=O)CCCCCCCCCCCCCCCc1nn[nH]n1. The Morgan fingerprint density at radius 3 is 1.82 bits per heavy atom. The summed E-state index contributed by atoms with van der Waals surface area (Å²) in [6.07, 6.45) is 16.7. The maximum atomic E-state index is 11.5. The van der Waals surface area contributed by atoms with Crippen molar-refractivity contribution < 1.29 is 13.2 Å². The number of sulfonamides is 1. The first-order valence-electron chi connectivity index (χ1n) is 10.8. The molecular weight excluding hydrogens is 378 g/mol. The molecule has 8 nitrogen and oxygen atoms in total. The Bertz CT molecular complexity index is 605. The number of hydrogen-bond acceptors (Lipinski definition) is 6. The summed E-state index contributed by atoms with van der Waals surface area (Å²) in [5.41, 5.74) is 0. The fourth-order valence-corrected chi connectivity index (χ4v) is 3.69. The standard InChI is InChI=1S/C19H37N5O3S/c1-2-28(26,27)22-19(25)17-15-13-11-9-7-5-3-4-6-8-10-12-14-16-18-20-23-24-21-18/h2-17H2,1H3,(H,22,25)(H,20,21,23,24). The Balaban J connectivity index is 1.76. The molecule has 0 aliphatic rings. The van der Waals surface area contributed by atoms with Crippen LogP contribution < -0.4 is 4.72 Å². The van der Waals surface area contributed by atoms with Gasteiger partial charge in [-0.05, 0) is 19.8 Å². The van der Waals surface area contributed by atoms with E-state index in [4.69, 9.17) is 0 Å². The number of rotatable bonds is 18. The van der Waals surface area contributed by atoms with E-state index in [0.717, 1.165) is 37.9 Å². The first kappa shape index (κ1) is 24.5. The summed E-state index contributed by atoms with van der Waals surface area (Å²) in [4.78, 5) is 11.5. The molecule has 162 valence electrons. The molecule has 0 atom stereocenters. The van der Waals surface area contributed by atoms with Gasteiger partial charge in [0.25, 0.3) is 0 Å². The molecule has 0 saturated carbocycles. The summed E-state index contributed by atoms with van der Waals surface area (Å²) in [6, 6.07) is 0. The van der Waals surface area contributed by atoms with Crippen LogP contribution in [0.4, 0.5) is 0 Å². The van der Waals surface area contributed by atoms with Crippen molar-refractivity contribution in [2.24, 2.45) is 0 Å². The zero-order valence-electron chi connectivity index (χ0n) is 17.3. The van der Waals surface area contributed by atoms with Gasteiger partial charge in [0, 0.05) is 12.8 Å². The van der Waals surface area contributed by atoms with Crippen molar-refractivity contribution in [3.63, 3.8) is 0 Å². The Kier molecular flexibility index (Phi) is 13.5. The third-order valence-electron chi connectivity index (χ3n) is 4.84. The molecule has 0 unspecified atom stereocenters. The second kappa shape index (κ2) is 15.4. The largest absolute Gasteiger partial charge is 0.274 e. The maximum absolute atomic E-state index is 11.5. The van der Waals surface area contributed by atoms with Crippen molar-refractivity contribution in [1.29, 1.82) is 0 Å². The Morgan fingerprint density at radius 1 is 0.857 bits per heavy atom. The van der Waals surface area contributed by atoms with Crippen LogP contribution in [-0.2, 0) is 21.2 Å². The number of unbranched alkanes of at least 4 members (excludes halogenated alkanes) is 12. The summed E-state index contributed by atoms with van der Waals surface area (Å²) in [7, 11) is -3.41. The minimum absolute atomic E-state index is 0.0553. The minimum Gasteiger partial charge on any atom is -0.274 e. The number of aromatic nitrogens is 4. The van der Waals surface area contributed by atoms with Gasteiger partial charge in [-0.15, -0.1) is 10.2 Å². The molecule has 1 aromatic heterocycles. The lowest BCUT2D eigenvalue weighted by molar-refractivity contribution is -0.119. The van der Waals surface area contributed by atoms with Crippen molar-refractivity contribution in [3.05, 3.63) is 5.82 Å². The Morgan fingerprint density at radius 2 is 1.36 bits per heavy atom. The molecule has 9 heteroatoms. The fourth-order valence-electron chi connectivity index (χ4n) is 3.10. The van der Waals surface area contributed by atoms with Gasteiger partial charge in [0.05, 0.1) is 5.75 Å². The third-order valence-corrected chi connectivity index (χ3v) is 6.14. The summed E-state index contributed by atoms with van der Waals surface area (Å²) in [6.45, 7) is 1.52. The number of carbonyl (C=O) groups excluding carboxylic acids is 1. The van der Waals surface area contributed by atoms with Gasteiger partial charge in [0.15, 0.2) is 5.82 Å². The number of carbonyl (C=O) groups is 1. The molecule has 0 aromatic carbocycles. The lowest BCUT2D eigenvalue weighted by atomic mass is 10.0. The highest BCUT2D eigenvalue weighted by molar-refractivity contribution is 7.90.